The van der Waals surface area contributed by atoms with Gasteiger partial charge in [0.2, 0.25) is 5.91 Å². The minimum Gasteiger partial charge on any atom is -0.349 e. The number of rotatable bonds is 2. The molecular formula is C13H16N2OS2. The van der Waals surface area contributed by atoms with E-state index in [1.54, 1.807) is 17.4 Å². The van der Waals surface area contributed by atoms with Crippen LogP contribution in [0, 0.1) is 0 Å². The number of carbonyl (C=O) groups is 1. The number of nitrogens with zero attached hydrogens (tertiary/aromatic N) is 1. The number of piperidine rings is 1. The first kappa shape index (κ1) is 13.2. The number of amides is 1. The molecule has 2 rings (SSSR count). The summed E-state index contributed by atoms with van der Waals surface area (Å²) in [4.78, 5) is 14.8. The molecule has 1 aliphatic rings. The summed E-state index contributed by atoms with van der Waals surface area (Å²) in [7, 11) is 0. The lowest BCUT2D eigenvalue weighted by Crippen LogP contribution is -2.44. The van der Waals surface area contributed by atoms with Crippen molar-refractivity contribution in [3.63, 3.8) is 0 Å². The Hall–Kier alpha value is -1.20. The molecule has 5 heteroatoms. The number of thiocarbonyl (C=S) groups is 1. The maximum absolute atomic E-state index is 11.7. The number of hydrogen-bond acceptors (Lipinski definition) is 3. The van der Waals surface area contributed by atoms with Gasteiger partial charge in [0.05, 0.1) is 0 Å². The summed E-state index contributed by atoms with van der Waals surface area (Å²) in [6.45, 7) is 1.90. The predicted molar refractivity (Wildman–Crippen MR) is 79.5 cm³/mol. The van der Waals surface area contributed by atoms with Gasteiger partial charge in [0, 0.05) is 24.0 Å². The van der Waals surface area contributed by atoms with E-state index in [1.165, 1.54) is 12.5 Å². The van der Waals surface area contributed by atoms with Gasteiger partial charge in [0.1, 0.15) is 0 Å². The van der Waals surface area contributed by atoms with E-state index in [2.05, 4.69) is 10.2 Å². The van der Waals surface area contributed by atoms with Crippen LogP contribution < -0.4 is 5.32 Å². The Bertz CT molecular complexity index is 434. The van der Waals surface area contributed by atoms with Crippen molar-refractivity contribution < 1.29 is 4.79 Å². The van der Waals surface area contributed by atoms with Crippen LogP contribution in [0.5, 0.6) is 0 Å². The molecule has 1 amide bonds. The normalized spacial score (nSPS) is 15.9. The minimum atomic E-state index is -0.154. The average molecular weight is 280 g/mol. The summed E-state index contributed by atoms with van der Waals surface area (Å²) in [5.74, 6) is -0.154. The second-order valence-electron chi connectivity index (χ2n) is 4.19. The van der Waals surface area contributed by atoms with Crippen molar-refractivity contribution in [3.05, 3.63) is 28.5 Å². The van der Waals surface area contributed by atoms with Crippen LogP contribution in [0.4, 0.5) is 0 Å². The molecule has 0 atom stereocenters. The lowest BCUT2D eigenvalue weighted by Gasteiger charge is -2.28. The SMILES string of the molecule is O=C(/C=C/c1cccs1)NC(=S)N1CCCCC1. The monoisotopic (exact) mass is 280 g/mol. The van der Waals surface area contributed by atoms with Gasteiger partial charge in [0.25, 0.3) is 0 Å². The van der Waals surface area contributed by atoms with Crippen molar-refractivity contribution >= 4 is 40.7 Å². The van der Waals surface area contributed by atoms with E-state index in [-0.39, 0.29) is 5.91 Å². The van der Waals surface area contributed by atoms with Crippen LogP contribution in [-0.4, -0.2) is 29.0 Å². The molecule has 1 aliphatic heterocycles. The van der Waals surface area contributed by atoms with Gasteiger partial charge in [-0.15, -0.1) is 11.3 Å². The highest BCUT2D eigenvalue weighted by molar-refractivity contribution is 7.80. The fraction of sp³-hybridized carbons (Fsp3) is 0.385. The van der Waals surface area contributed by atoms with Crippen molar-refractivity contribution in [2.45, 2.75) is 19.3 Å². The molecule has 18 heavy (non-hydrogen) atoms. The van der Waals surface area contributed by atoms with E-state index in [4.69, 9.17) is 12.2 Å². The Kier molecular flexibility index (Phi) is 4.90. The van der Waals surface area contributed by atoms with Gasteiger partial charge in [-0.3, -0.25) is 10.1 Å². The van der Waals surface area contributed by atoms with Crippen molar-refractivity contribution in [1.82, 2.24) is 10.2 Å². The number of carbonyl (C=O) groups excluding carboxylic acids is 1. The molecule has 0 radical (unpaired) electrons. The van der Waals surface area contributed by atoms with Gasteiger partial charge in [-0.05, 0) is 49.0 Å². The maximum Gasteiger partial charge on any atom is 0.250 e. The van der Waals surface area contributed by atoms with E-state index >= 15 is 0 Å². The topological polar surface area (TPSA) is 32.3 Å². The summed E-state index contributed by atoms with van der Waals surface area (Å²) in [6, 6.07) is 3.93. The van der Waals surface area contributed by atoms with Crippen molar-refractivity contribution in [2.24, 2.45) is 0 Å². The van der Waals surface area contributed by atoms with E-state index in [0.717, 1.165) is 30.8 Å². The third kappa shape index (κ3) is 3.92. The lowest BCUT2D eigenvalue weighted by atomic mass is 10.1. The van der Waals surface area contributed by atoms with Crippen LogP contribution in [0.25, 0.3) is 6.08 Å². The second kappa shape index (κ2) is 6.66. The molecule has 1 aromatic heterocycles. The standard InChI is InChI=1S/C13H16N2OS2/c16-12(7-6-11-5-4-10-18-11)14-13(17)15-8-2-1-3-9-15/h4-7,10H,1-3,8-9H2,(H,14,16,17)/b7-6+. The molecule has 0 unspecified atom stereocenters. The maximum atomic E-state index is 11.7. The van der Waals surface area contributed by atoms with Gasteiger partial charge in [0.15, 0.2) is 5.11 Å². The molecule has 0 aromatic carbocycles. The lowest BCUT2D eigenvalue weighted by molar-refractivity contribution is -0.115. The van der Waals surface area contributed by atoms with Crippen molar-refractivity contribution in [2.75, 3.05) is 13.1 Å². The fourth-order valence-electron chi connectivity index (χ4n) is 1.87. The predicted octanol–water partition coefficient (Wildman–Crippen LogP) is 2.65. The van der Waals surface area contributed by atoms with Crippen LogP contribution in [0.15, 0.2) is 23.6 Å². The second-order valence-corrected chi connectivity index (χ2v) is 5.56. The van der Waals surface area contributed by atoms with Crippen LogP contribution in [0.3, 0.4) is 0 Å². The Morgan fingerprint density at radius 1 is 1.39 bits per heavy atom. The molecule has 1 saturated heterocycles. The van der Waals surface area contributed by atoms with Gasteiger partial charge in [-0.1, -0.05) is 6.07 Å². The molecule has 1 aromatic rings. The zero-order valence-electron chi connectivity index (χ0n) is 10.1. The third-order valence-corrected chi connectivity index (χ3v) is 4.01. The molecule has 2 heterocycles. The molecule has 1 N–H and O–H groups in total. The number of likely N-dealkylation sites (tertiary alicyclic amines) is 1. The molecule has 3 nitrogen and oxygen atoms in total. The van der Waals surface area contributed by atoms with Crippen LogP contribution in [0.2, 0.25) is 0 Å². The molecule has 0 aliphatic carbocycles. The Balaban J connectivity index is 1.81. The number of hydrogen-bond donors (Lipinski definition) is 1. The van der Waals surface area contributed by atoms with Crippen LogP contribution >= 0.6 is 23.6 Å². The van der Waals surface area contributed by atoms with Gasteiger partial charge < -0.3 is 4.90 Å². The van der Waals surface area contributed by atoms with E-state index in [1.807, 2.05) is 17.5 Å². The Morgan fingerprint density at radius 2 is 2.17 bits per heavy atom. The average Bonchev–Trinajstić information content (AvgIpc) is 2.90. The molecule has 0 bridgehead atoms. The Morgan fingerprint density at radius 3 is 2.83 bits per heavy atom. The molecule has 0 saturated carbocycles. The third-order valence-electron chi connectivity index (χ3n) is 2.82. The first-order valence-corrected chi connectivity index (χ1v) is 7.36. The van der Waals surface area contributed by atoms with Crippen LogP contribution in [-0.2, 0) is 4.79 Å². The Labute approximate surface area is 116 Å². The fourth-order valence-corrected chi connectivity index (χ4v) is 2.77. The summed E-state index contributed by atoms with van der Waals surface area (Å²) in [5.41, 5.74) is 0. The highest BCUT2D eigenvalue weighted by Crippen LogP contribution is 2.10. The molecule has 96 valence electrons. The van der Waals surface area contributed by atoms with E-state index in [0.29, 0.717) is 5.11 Å². The van der Waals surface area contributed by atoms with Gasteiger partial charge in [-0.25, -0.2) is 0 Å². The molecule has 0 spiro atoms. The molecule has 1 fully saturated rings. The van der Waals surface area contributed by atoms with Crippen molar-refractivity contribution in [1.29, 1.82) is 0 Å². The summed E-state index contributed by atoms with van der Waals surface area (Å²) in [6.07, 6.45) is 6.90. The highest BCUT2D eigenvalue weighted by Gasteiger charge is 2.14. The zero-order chi connectivity index (χ0) is 12.8. The summed E-state index contributed by atoms with van der Waals surface area (Å²) >= 11 is 6.83. The summed E-state index contributed by atoms with van der Waals surface area (Å²) in [5, 5.41) is 5.28. The largest absolute Gasteiger partial charge is 0.349 e. The van der Waals surface area contributed by atoms with E-state index in [9.17, 15) is 4.79 Å². The van der Waals surface area contributed by atoms with Gasteiger partial charge >= 0.3 is 0 Å². The van der Waals surface area contributed by atoms with Crippen LogP contribution in [0.1, 0.15) is 24.1 Å². The number of nitrogens with one attached hydrogen (secondary N) is 1. The zero-order valence-corrected chi connectivity index (χ0v) is 11.7. The van der Waals surface area contributed by atoms with E-state index < -0.39 is 0 Å². The number of thiophene rings is 1. The van der Waals surface area contributed by atoms with Crippen molar-refractivity contribution in [3.8, 4) is 0 Å². The quantitative estimate of drug-likeness (QED) is 0.668. The van der Waals surface area contributed by atoms with Gasteiger partial charge in [-0.2, -0.15) is 0 Å². The summed E-state index contributed by atoms with van der Waals surface area (Å²) < 4.78 is 0. The first-order chi connectivity index (χ1) is 8.75. The smallest absolute Gasteiger partial charge is 0.250 e. The highest BCUT2D eigenvalue weighted by atomic mass is 32.1. The first-order valence-electron chi connectivity index (χ1n) is 6.07. The minimum absolute atomic E-state index is 0.154. The molecular weight excluding hydrogens is 264 g/mol.